The Balaban J connectivity index is 0. The maximum Gasteiger partial charge on any atom is 0 e. The Morgan fingerprint density at radius 2 is 1.75 bits per heavy atom. The molecule has 0 N–H and O–H groups in total. The van der Waals surface area contributed by atoms with E-state index >= 15 is 0 Å². The zero-order valence-corrected chi connectivity index (χ0v) is 4.87. The van der Waals surface area contributed by atoms with Gasteiger partial charge in [-0.25, -0.2) is 0 Å². The first-order chi connectivity index (χ1) is 1.41. The van der Waals surface area contributed by atoms with E-state index in [-0.39, 0.29) is 21.1 Å². The van der Waals surface area contributed by atoms with E-state index in [2.05, 4.69) is 6.58 Å². The molecule has 0 aliphatic heterocycles. The standard InChI is InChI=1S/C3H6.Pt/c1-3-2;/h3H,1H2,2H3;. The summed E-state index contributed by atoms with van der Waals surface area (Å²) in [5, 5.41) is 0. The second kappa shape index (κ2) is 9.91. The predicted molar refractivity (Wildman–Crippen MR) is 15.9 cm³/mol. The minimum atomic E-state index is 0. The summed E-state index contributed by atoms with van der Waals surface area (Å²) in [7, 11) is 0. The van der Waals surface area contributed by atoms with Crippen molar-refractivity contribution in [3.05, 3.63) is 12.7 Å². The number of hydrogen-bond donors (Lipinski definition) is 0. The van der Waals surface area contributed by atoms with Gasteiger partial charge in [0.1, 0.15) is 0 Å². The third-order valence-corrected chi connectivity index (χ3v) is 0. The van der Waals surface area contributed by atoms with Crippen LogP contribution in [0.5, 0.6) is 0 Å². The van der Waals surface area contributed by atoms with Gasteiger partial charge in [0, 0.05) is 21.1 Å². The monoisotopic (exact) mass is 237 g/mol. The van der Waals surface area contributed by atoms with Crippen molar-refractivity contribution >= 4 is 0 Å². The van der Waals surface area contributed by atoms with Gasteiger partial charge in [0.2, 0.25) is 0 Å². The third kappa shape index (κ3) is 27.0. The summed E-state index contributed by atoms with van der Waals surface area (Å²) < 4.78 is 0. The molecule has 0 rings (SSSR count). The van der Waals surface area contributed by atoms with Crippen molar-refractivity contribution in [3.63, 3.8) is 0 Å². The van der Waals surface area contributed by atoms with Crippen molar-refractivity contribution in [1.82, 2.24) is 0 Å². The summed E-state index contributed by atoms with van der Waals surface area (Å²) in [4.78, 5) is 0. The molecule has 0 radical (unpaired) electrons. The van der Waals surface area contributed by atoms with Crippen molar-refractivity contribution in [1.29, 1.82) is 0 Å². The van der Waals surface area contributed by atoms with Crippen LogP contribution >= 0.6 is 0 Å². The number of hydrogen-bond acceptors (Lipinski definition) is 0. The van der Waals surface area contributed by atoms with Gasteiger partial charge in [-0.05, 0) is 6.92 Å². The second-order valence-corrected chi connectivity index (χ2v) is 0.408. The van der Waals surface area contributed by atoms with Gasteiger partial charge in [0.05, 0.1) is 0 Å². The minimum Gasteiger partial charge on any atom is -0.103 e. The Morgan fingerprint density at radius 1 is 1.75 bits per heavy atom. The van der Waals surface area contributed by atoms with Crippen molar-refractivity contribution in [2.45, 2.75) is 6.92 Å². The van der Waals surface area contributed by atoms with Crippen LogP contribution < -0.4 is 0 Å². The molecule has 0 spiro atoms. The van der Waals surface area contributed by atoms with Gasteiger partial charge >= 0.3 is 0 Å². The van der Waals surface area contributed by atoms with Crippen LogP contribution in [0.4, 0.5) is 0 Å². The van der Waals surface area contributed by atoms with Crippen LogP contribution in [-0.2, 0) is 21.1 Å². The van der Waals surface area contributed by atoms with Crippen LogP contribution in [0.3, 0.4) is 0 Å². The summed E-state index contributed by atoms with van der Waals surface area (Å²) in [5.74, 6) is 0. The van der Waals surface area contributed by atoms with E-state index in [1.807, 2.05) is 6.92 Å². The molecule has 0 aliphatic carbocycles. The molecule has 0 bridgehead atoms. The van der Waals surface area contributed by atoms with E-state index in [0.29, 0.717) is 0 Å². The molecule has 0 heterocycles. The Morgan fingerprint density at radius 3 is 1.75 bits per heavy atom. The zero-order chi connectivity index (χ0) is 2.71. The van der Waals surface area contributed by atoms with E-state index < -0.39 is 0 Å². The third-order valence-electron chi connectivity index (χ3n) is 0. The van der Waals surface area contributed by atoms with Crippen LogP contribution in [0.15, 0.2) is 12.7 Å². The van der Waals surface area contributed by atoms with Crippen molar-refractivity contribution in [3.8, 4) is 0 Å². The van der Waals surface area contributed by atoms with Gasteiger partial charge in [-0.15, -0.1) is 6.58 Å². The topological polar surface area (TPSA) is 0 Å². The zero-order valence-electron chi connectivity index (χ0n) is 2.60. The molecule has 0 nitrogen and oxygen atoms in total. The summed E-state index contributed by atoms with van der Waals surface area (Å²) >= 11 is 0. The van der Waals surface area contributed by atoms with E-state index in [1.165, 1.54) is 0 Å². The van der Waals surface area contributed by atoms with Gasteiger partial charge in [-0.3, -0.25) is 0 Å². The maximum absolute atomic E-state index is 3.36. The van der Waals surface area contributed by atoms with Crippen LogP contribution in [0.25, 0.3) is 0 Å². The molecule has 0 atom stereocenters. The number of allylic oxidation sites excluding steroid dienone is 1. The van der Waals surface area contributed by atoms with Gasteiger partial charge < -0.3 is 0 Å². The van der Waals surface area contributed by atoms with E-state index in [9.17, 15) is 0 Å². The van der Waals surface area contributed by atoms with Crippen LogP contribution in [-0.4, -0.2) is 0 Å². The molecule has 0 saturated carbocycles. The molecule has 0 amide bonds. The van der Waals surface area contributed by atoms with E-state index in [4.69, 9.17) is 0 Å². The molecule has 0 unspecified atom stereocenters. The Hall–Kier alpha value is 0.428. The predicted octanol–water partition coefficient (Wildman–Crippen LogP) is 1.19. The summed E-state index contributed by atoms with van der Waals surface area (Å²) in [6, 6.07) is 0. The fourth-order valence-electron chi connectivity index (χ4n) is 0. The Bertz CT molecular complexity index is 10.8. The van der Waals surface area contributed by atoms with Crippen LogP contribution in [0, 0.1) is 0 Å². The molecule has 0 aliphatic rings. The van der Waals surface area contributed by atoms with E-state index in [1.54, 1.807) is 6.08 Å². The summed E-state index contributed by atoms with van der Waals surface area (Å²) in [5.41, 5.74) is 0. The Kier molecular flexibility index (Phi) is 21.9. The quantitative estimate of drug-likeness (QED) is 0.555. The maximum atomic E-state index is 3.36. The second-order valence-electron chi connectivity index (χ2n) is 0.408. The average Bonchev–Trinajstić information content (AvgIpc) is 0.918. The van der Waals surface area contributed by atoms with Gasteiger partial charge in [-0.1, -0.05) is 6.08 Å². The SMILES string of the molecule is C=CC.[Pt]. The van der Waals surface area contributed by atoms with Crippen LogP contribution in [0.2, 0.25) is 0 Å². The molecule has 28 valence electrons. The molecule has 0 aromatic carbocycles. The first kappa shape index (κ1) is 8.83. The molecule has 4 heavy (non-hydrogen) atoms. The van der Waals surface area contributed by atoms with Crippen molar-refractivity contribution in [2.24, 2.45) is 0 Å². The first-order valence-electron chi connectivity index (χ1n) is 0.986. The van der Waals surface area contributed by atoms with Gasteiger partial charge in [0.15, 0.2) is 0 Å². The van der Waals surface area contributed by atoms with Crippen LogP contribution in [0.1, 0.15) is 6.92 Å². The molecule has 0 fully saturated rings. The number of rotatable bonds is 0. The van der Waals surface area contributed by atoms with Gasteiger partial charge in [0.25, 0.3) is 0 Å². The average molecular weight is 237 g/mol. The van der Waals surface area contributed by atoms with Crippen molar-refractivity contribution in [2.75, 3.05) is 0 Å². The smallest absolute Gasteiger partial charge is 0 e. The molecular weight excluding hydrogens is 231 g/mol. The summed E-state index contributed by atoms with van der Waals surface area (Å²) in [6.07, 6.45) is 1.75. The molecule has 0 aromatic rings. The molecule has 0 saturated heterocycles. The molecular formula is C3H6Pt. The summed E-state index contributed by atoms with van der Waals surface area (Å²) in [6.45, 7) is 5.25. The molecule has 1 heteroatoms. The van der Waals surface area contributed by atoms with Crippen molar-refractivity contribution < 1.29 is 21.1 Å². The van der Waals surface area contributed by atoms with E-state index in [0.717, 1.165) is 0 Å². The Labute approximate surface area is 41.2 Å². The fraction of sp³-hybridized carbons (Fsp3) is 0.333. The normalized spacial score (nSPS) is 3.25. The fourth-order valence-corrected chi connectivity index (χ4v) is 0. The first-order valence-corrected chi connectivity index (χ1v) is 0.986. The van der Waals surface area contributed by atoms with Gasteiger partial charge in [-0.2, -0.15) is 0 Å². The molecule has 0 aromatic heterocycles. The largest absolute Gasteiger partial charge is 0.103 e. The minimum absolute atomic E-state index is 0.